The summed E-state index contributed by atoms with van der Waals surface area (Å²) in [6, 6.07) is 0. The van der Waals surface area contributed by atoms with Crippen molar-refractivity contribution in [2.24, 2.45) is 0 Å². The summed E-state index contributed by atoms with van der Waals surface area (Å²) in [5, 5.41) is 0.605. The van der Waals surface area contributed by atoms with E-state index in [0.717, 1.165) is 7.11 Å². The normalized spacial score (nSPS) is 20.3. The number of hydrogen-bond acceptors (Lipinski definition) is 7. The third kappa shape index (κ3) is 5.09. The largest absolute Gasteiger partial charge is 0.467 e. The molecule has 0 radical (unpaired) electrons. The van der Waals surface area contributed by atoms with Gasteiger partial charge in [0.25, 0.3) is 0 Å². The molecule has 2 amide bonds. The Bertz CT molecular complexity index is 589. The first-order valence-electron chi connectivity index (χ1n) is 8.37. The second-order valence-electron chi connectivity index (χ2n) is 8.06. The lowest BCUT2D eigenvalue weighted by Gasteiger charge is -2.37. The van der Waals surface area contributed by atoms with Gasteiger partial charge < -0.3 is 14.2 Å². The first-order valence-corrected chi connectivity index (χ1v) is 8.37. The quantitative estimate of drug-likeness (QED) is 0.343. The maximum Gasteiger partial charge on any atom is 0.430 e. The molecule has 1 aliphatic rings. The number of methoxy groups -OCH3 is 1. The van der Waals surface area contributed by atoms with Crippen LogP contribution in [0.2, 0.25) is 0 Å². The zero-order chi connectivity index (χ0) is 20.3. The number of nitrogens with one attached hydrogen (secondary N) is 1. The Labute approximate surface area is 153 Å². The predicted octanol–water partition coefficient (Wildman–Crippen LogP) is 2.33. The summed E-state index contributed by atoms with van der Waals surface area (Å²) in [6.45, 7) is 9.79. The summed E-state index contributed by atoms with van der Waals surface area (Å²) >= 11 is 0. The van der Waals surface area contributed by atoms with Crippen molar-refractivity contribution in [3.8, 4) is 0 Å². The Morgan fingerprint density at radius 3 is 1.96 bits per heavy atom. The number of nitrogens with zero attached hydrogens (tertiary/aromatic N) is 1. The van der Waals surface area contributed by atoms with Crippen molar-refractivity contribution in [2.45, 2.75) is 77.5 Å². The molecule has 0 aromatic rings. The highest BCUT2D eigenvalue weighted by molar-refractivity contribution is 6.12. The van der Waals surface area contributed by atoms with Crippen LogP contribution in [0.5, 0.6) is 0 Å². The first kappa shape index (κ1) is 21.7. The molecule has 0 aromatic carbocycles. The Hall–Kier alpha value is -2.32. The molecule has 0 heterocycles. The minimum absolute atomic E-state index is 0.00749. The minimum atomic E-state index is -1.98. The van der Waals surface area contributed by atoms with E-state index < -0.39 is 40.7 Å². The van der Waals surface area contributed by atoms with Crippen molar-refractivity contribution < 1.29 is 33.4 Å². The van der Waals surface area contributed by atoms with Gasteiger partial charge in [0, 0.05) is 6.42 Å². The van der Waals surface area contributed by atoms with Gasteiger partial charge in [-0.1, -0.05) is 0 Å². The van der Waals surface area contributed by atoms with Gasteiger partial charge in [0.15, 0.2) is 5.78 Å². The molecule has 1 fully saturated rings. The van der Waals surface area contributed by atoms with Crippen LogP contribution in [0, 0.1) is 0 Å². The van der Waals surface area contributed by atoms with Gasteiger partial charge in [0.05, 0.1) is 7.11 Å². The number of Topliss-reactive ketones (excluding diaryl/α,β-unsaturated/α-hetero) is 1. The molecule has 1 rings (SSSR count). The van der Waals surface area contributed by atoms with E-state index in [4.69, 9.17) is 14.2 Å². The summed E-state index contributed by atoms with van der Waals surface area (Å²) in [6.07, 6.45) is -1.60. The van der Waals surface area contributed by atoms with Crippen LogP contribution in [0.25, 0.3) is 0 Å². The number of carbonyl (C=O) groups excluding carboxylic acids is 4. The molecule has 1 N–H and O–H groups in total. The number of esters is 1. The van der Waals surface area contributed by atoms with Crippen LogP contribution in [-0.2, 0) is 23.8 Å². The van der Waals surface area contributed by atoms with Gasteiger partial charge in [-0.25, -0.2) is 19.8 Å². The lowest BCUT2D eigenvalue weighted by molar-refractivity contribution is -0.161. The Morgan fingerprint density at radius 2 is 1.58 bits per heavy atom. The topological polar surface area (TPSA) is 111 Å². The summed E-state index contributed by atoms with van der Waals surface area (Å²) < 4.78 is 15.2. The average molecular weight is 372 g/mol. The second-order valence-corrected chi connectivity index (χ2v) is 8.06. The number of amides is 2. The molecule has 1 atom stereocenters. The molecule has 1 saturated carbocycles. The van der Waals surface area contributed by atoms with E-state index >= 15 is 0 Å². The fraction of sp³-hybridized carbons (Fsp3) is 0.765. The second kappa shape index (κ2) is 7.51. The zero-order valence-electron chi connectivity index (χ0n) is 16.4. The van der Waals surface area contributed by atoms with Crippen LogP contribution in [0.3, 0.4) is 0 Å². The number of hydrazine groups is 1. The number of ether oxygens (including phenoxy) is 3. The van der Waals surface area contributed by atoms with Crippen molar-refractivity contribution in [3.05, 3.63) is 0 Å². The average Bonchev–Trinajstić information content (AvgIpc) is 2.82. The maximum absolute atomic E-state index is 12.7. The van der Waals surface area contributed by atoms with E-state index in [2.05, 4.69) is 5.43 Å². The summed E-state index contributed by atoms with van der Waals surface area (Å²) in [7, 11) is 1.11. The Kier molecular flexibility index (Phi) is 6.27. The lowest BCUT2D eigenvalue weighted by atomic mass is 9.96. The van der Waals surface area contributed by atoms with Crippen LogP contribution in [-0.4, -0.2) is 52.8 Å². The first-order chi connectivity index (χ1) is 11.7. The van der Waals surface area contributed by atoms with Crippen molar-refractivity contribution in [1.82, 2.24) is 10.4 Å². The molecule has 0 spiro atoms. The van der Waals surface area contributed by atoms with Crippen molar-refractivity contribution in [1.29, 1.82) is 0 Å². The number of rotatable bonds is 2. The van der Waals surface area contributed by atoms with Gasteiger partial charge in [-0.3, -0.25) is 4.79 Å². The number of hydrogen-bond donors (Lipinski definition) is 1. The fourth-order valence-corrected chi connectivity index (χ4v) is 2.56. The number of ketones is 1. The highest BCUT2D eigenvalue weighted by Gasteiger charge is 2.58. The van der Waals surface area contributed by atoms with E-state index in [1.807, 2.05) is 0 Å². The van der Waals surface area contributed by atoms with Crippen LogP contribution in [0.4, 0.5) is 9.59 Å². The minimum Gasteiger partial charge on any atom is -0.467 e. The third-order valence-electron chi connectivity index (χ3n) is 3.49. The van der Waals surface area contributed by atoms with Crippen molar-refractivity contribution in [3.63, 3.8) is 0 Å². The molecule has 1 aliphatic carbocycles. The van der Waals surface area contributed by atoms with E-state index in [1.165, 1.54) is 0 Å². The highest BCUT2D eigenvalue weighted by atomic mass is 16.6. The molecule has 0 aliphatic heterocycles. The van der Waals surface area contributed by atoms with Gasteiger partial charge in [-0.2, -0.15) is 5.01 Å². The van der Waals surface area contributed by atoms with Crippen molar-refractivity contribution >= 4 is 23.9 Å². The third-order valence-corrected chi connectivity index (χ3v) is 3.49. The fourth-order valence-electron chi connectivity index (χ4n) is 2.56. The van der Waals surface area contributed by atoms with Crippen LogP contribution in [0.15, 0.2) is 0 Å². The smallest absolute Gasteiger partial charge is 0.430 e. The summed E-state index contributed by atoms with van der Waals surface area (Å²) in [5.74, 6) is -1.48. The maximum atomic E-state index is 12.7. The van der Waals surface area contributed by atoms with E-state index in [-0.39, 0.29) is 12.8 Å². The van der Waals surface area contributed by atoms with Gasteiger partial charge in [0.2, 0.25) is 5.54 Å². The van der Waals surface area contributed by atoms with Gasteiger partial charge >= 0.3 is 18.2 Å². The molecular weight excluding hydrogens is 344 g/mol. The van der Waals surface area contributed by atoms with Gasteiger partial charge in [0.1, 0.15) is 11.2 Å². The molecule has 0 bridgehead atoms. The molecule has 0 aromatic heterocycles. The van der Waals surface area contributed by atoms with Crippen LogP contribution >= 0.6 is 0 Å². The standard InChI is InChI=1S/C17H28N2O7/c1-15(2,3)25-13(22)18-19(14(23)26-16(4,5)6)17(12(21)24-7)10-8-9-11(17)20/h8-10H2,1-7H3,(H,18,22)/t17-/m0/s1. The molecule has 0 unspecified atom stereocenters. The van der Waals surface area contributed by atoms with Gasteiger partial charge in [-0.05, 0) is 54.4 Å². The van der Waals surface area contributed by atoms with E-state index in [9.17, 15) is 19.2 Å². The highest BCUT2D eigenvalue weighted by Crippen LogP contribution is 2.34. The Morgan fingerprint density at radius 1 is 1.04 bits per heavy atom. The molecular formula is C17H28N2O7. The Balaban J connectivity index is 3.29. The number of carbonyl (C=O) groups is 4. The van der Waals surface area contributed by atoms with Gasteiger partial charge in [-0.15, -0.1) is 0 Å². The molecule has 9 nitrogen and oxygen atoms in total. The predicted molar refractivity (Wildman–Crippen MR) is 91.0 cm³/mol. The van der Waals surface area contributed by atoms with Crippen molar-refractivity contribution in [2.75, 3.05) is 7.11 Å². The monoisotopic (exact) mass is 372 g/mol. The van der Waals surface area contributed by atoms with E-state index in [0.29, 0.717) is 11.4 Å². The molecule has 26 heavy (non-hydrogen) atoms. The molecule has 0 saturated heterocycles. The summed E-state index contributed by atoms with van der Waals surface area (Å²) in [4.78, 5) is 49.9. The zero-order valence-corrected chi connectivity index (χ0v) is 16.4. The van der Waals surface area contributed by atoms with Crippen LogP contribution in [0.1, 0.15) is 60.8 Å². The molecule has 148 valence electrons. The summed E-state index contributed by atoms with van der Waals surface area (Å²) in [5.41, 5.74) is -1.54. The molecule has 9 heteroatoms. The van der Waals surface area contributed by atoms with E-state index in [1.54, 1.807) is 41.5 Å². The van der Waals surface area contributed by atoms with Crippen LogP contribution < -0.4 is 5.43 Å². The SMILES string of the molecule is COC(=O)[C@]1(N(NC(=O)OC(C)(C)C)C(=O)OC(C)(C)C)CCCC1=O. The lowest BCUT2D eigenvalue weighted by Crippen LogP contribution is -2.67.